The second kappa shape index (κ2) is 3.97. The van der Waals surface area contributed by atoms with Crippen molar-refractivity contribution in [3.63, 3.8) is 0 Å². The molecule has 0 aliphatic heterocycles. The number of fused-ring (bicyclic) bond motifs is 3. The Morgan fingerprint density at radius 2 is 1.29 bits per heavy atom. The minimum atomic E-state index is 0.960. The number of hydrogen-bond acceptors (Lipinski definition) is 2. The number of rotatable bonds is 0. The number of thiol groups is 2. The van der Waals surface area contributed by atoms with Crippen LogP contribution in [0, 0.1) is 6.92 Å². The molecule has 3 aromatic carbocycles. The van der Waals surface area contributed by atoms with Crippen LogP contribution in [-0.4, -0.2) is 0 Å². The molecule has 84 valence electrons. The van der Waals surface area contributed by atoms with Crippen LogP contribution in [0.3, 0.4) is 0 Å². The van der Waals surface area contributed by atoms with Gasteiger partial charge in [0.25, 0.3) is 0 Å². The Morgan fingerprint density at radius 1 is 0.706 bits per heavy atom. The Hall–Kier alpha value is -1.12. The summed E-state index contributed by atoms with van der Waals surface area (Å²) in [6.07, 6.45) is 0. The molecule has 0 radical (unpaired) electrons. The van der Waals surface area contributed by atoms with Crippen molar-refractivity contribution >= 4 is 46.8 Å². The van der Waals surface area contributed by atoms with Gasteiger partial charge in [0.1, 0.15) is 0 Å². The van der Waals surface area contributed by atoms with Crippen molar-refractivity contribution < 1.29 is 0 Å². The highest BCUT2D eigenvalue weighted by atomic mass is 32.1. The molecule has 0 N–H and O–H groups in total. The highest BCUT2D eigenvalue weighted by Crippen LogP contribution is 2.37. The molecule has 0 amide bonds. The Labute approximate surface area is 111 Å². The standard InChI is InChI=1S/C15H12S2/c1-9-6-7-11-10-4-2-3-5-12(10)14(16)15(17)13(11)8-9/h2-8,16-17H,1H3. The van der Waals surface area contributed by atoms with E-state index in [1.54, 1.807) is 0 Å². The van der Waals surface area contributed by atoms with Gasteiger partial charge in [0.05, 0.1) is 0 Å². The van der Waals surface area contributed by atoms with Crippen molar-refractivity contribution in [2.24, 2.45) is 0 Å². The maximum atomic E-state index is 4.61. The van der Waals surface area contributed by atoms with E-state index < -0.39 is 0 Å². The summed E-state index contributed by atoms with van der Waals surface area (Å²) in [6.45, 7) is 2.10. The Bertz CT molecular complexity index is 730. The SMILES string of the molecule is Cc1ccc2c(c1)c(S)c(S)c1ccccc12. The fourth-order valence-electron chi connectivity index (χ4n) is 2.27. The third-order valence-corrected chi connectivity index (χ3v) is 4.23. The zero-order valence-corrected chi connectivity index (χ0v) is 11.2. The molecule has 0 saturated heterocycles. The summed E-state index contributed by atoms with van der Waals surface area (Å²) in [6, 6.07) is 14.8. The second-order valence-electron chi connectivity index (χ2n) is 4.29. The largest absolute Gasteiger partial charge is 0.142 e. The van der Waals surface area contributed by atoms with Crippen molar-refractivity contribution in [2.75, 3.05) is 0 Å². The summed E-state index contributed by atoms with van der Waals surface area (Å²) in [5.41, 5.74) is 1.25. The first-order valence-electron chi connectivity index (χ1n) is 5.51. The minimum Gasteiger partial charge on any atom is -0.142 e. The van der Waals surface area contributed by atoms with Crippen LogP contribution in [0.25, 0.3) is 21.5 Å². The van der Waals surface area contributed by atoms with Crippen LogP contribution in [0.15, 0.2) is 52.3 Å². The van der Waals surface area contributed by atoms with Crippen molar-refractivity contribution in [1.82, 2.24) is 0 Å². The molecule has 17 heavy (non-hydrogen) atoms. The van der Waals surface area contributed by atoms with E-state index >= 15 is 0 Å². The zero-order valence-electron chi connectivity index (χ0n) is 9.44. The third kappa shape index (κ3) is 1.63. The molecular weight excluding hydrogens is 244 g/mol. The lowest BCUT2D eigenvalue weighted by Gasteiger charge is -2.11. The van der Waals surface area contributed by atoms with Crippen LogP contribution in [0.1, 0.15) is 5.56 Å². The Balaban J connectivity index is 2.65. The highest BCUT2D eigenvalue weighted by molar-refractivity contribution is 7.84. The van der Waals surface area contributed by atoms with Crippen molar-refractivity contribution in [2.45, 2.75) is 16.7 Å². The average Bonchev–Trinajstić information content (AvgIpc) is 2.36. The third-order valence-electron chi connectivity index (χ3n) is 3.13. The maximum absolute atomic E-state index is 4.61. The molecule has 2 heteroatoms. The summed E-state index contributed by atoms with van der Waals surface area (Å²) in [7, 11) is 0. The summed E-state index contributed by atoms with van der Waals surface area (Å²) in [4.78, 5) is 1.92. The summed E-state index contributed by atoms with van der Waals surface area (Å²) >= 11 is 9.21. The minimum absolute atomic E-state index is 0.960. The van der Waals surface area contributed by atoms with E-state index in [1.807, 2.05) is 6.07 Å². The van der Waals surface area contributed by atoms with E-state index in [-0.39, 0.29) is 0 Å². The molecule has 0 aliphatic carbocycles. The van der Waals surface area contributed by atoms with Gasteiger partial charge >= 0.3 is 0 Å². The average molecular weight is 256 g/mol. The van der Waals surface area contributed by atoms with Crippen LogP contribution < -0.4 is 0 Å². The van der Waals surface area contributed by atoms with E-state index in [4.69, 9.17) is 0 Å². The molecule has 0 unspecified atom stereocenters. The van der Waals surface area contributed by atoms with Gasteiger partial charge in [0, 0.05) is 9.79 Å². The normalized spacial score (nSPS) is 11.2. The molecule has 3 aromatic rings. The predicted octanol–water partition coefficient (Wildman–Crippen LogP) is 4.88. The van der Waals surface area contributed by atoms with Crippen molar-refractivity contribution in [1.29, 1.82) is 0 Å². The molecule has 0 bridgehead atoms. The molecule has 0 aliphatic rings. The van der Waals surface area contributed by atoms with Crippen LogP contribution in [0.5, 0.6) is 0 Å². The molecule has 0 heterocycles. The molecule has 0 aromatic heterocycles. The lowest BCUT2D eigenvalue weighted by atomic mass is 10.0. The van der Waals surface area contributed by atoms with Gasteiger partial charge in [0.2, 0.25) is 0 Å². The molecule has 0 spiro atoms. The molecule has 3 rings (SSSR count). The molecule has 0 fully saturated rings. The lowest BCUT2D eigenvalue weighted by Crippen LogP contribution is -1.84. The Morgan fingerprint density at radius 3 is 2.06 bits per heavy atom. The van der Waals surface area contributed by atoms with Crippen molar-refractivity contribution in [3.05, 3.63) is 48.0 Å². The van der Waals surface area contributed by atoms with Gasteiger partial charge in [0.15, 0.2) is 0 Å². The number of aryl methyl sites for hydroxylation is 1. The Kier molecular flexibility index (Phi) is 2.57. The first-order chi connectivity index (χ1) is 8.18. The lowest BCUT2D eigenvalue weighted by molar-refractivity contribution is 1.37. The smallest absolute Gasteiger partial charge is 0.0259 e. The van der Waals surface area contributed by atoms with Gasteiger partial charge in [-0.05, 0) is 28.5 Å². The molecule has 0 nitrogen and oxygen atoms in total. The first kappa shape index (κ1) is 11.0. The summed E-state index contributed by atoms with van der Waals surface area (Å²) in [5.74, 6) is 0. The monoisotopic (exact) mass is 256 g/mol. The van der Waals surface area contributed by atoms with Gasteiger partial charge in [-0.3, -0.25) is 0 Å². The van der Waals surface area contributed by atoms with Crippen LogP contribution in [0.4, 0.5) is 0 Å². The quantitative estimate of drug-likeness (QED) is 0.416. The fraction of sp³-hybridized carbons (Fsp3) is 0.0667. The van der Waals surface area contributed by atoms with Crippen LogP contribution in [0.2, 0.25) is 0 Å². The van der Waals surface area contributed by atoms with Crippen LogP contribution in [-0.2, 0) is 0 Å². The predicted molar refractivity (Wildman–Crippen MR) is 80.7 cm³/mol. The van der Waals surface area contributed by atoms with Gasteiger partial charge in [-0.1, -0.05) is 48.0 Å². The van der Waals surface area contributed by atoms with Gasteiger partial charge in [-0.25, -0.2) is 0 Å². The number of benzene rings is 3. The summed E-state index contributed by atoms with van der Waals surface area (Å²) in [5, 5.41) is 4.83. The fourth-order valence-corrected chi connectivity index (χ4v) is 2.89. The van der Waals surface area contributed by atoms with Crippen molar-refractivity contribution in [3.8, 4) is 0 Å². The topological polar surface area (TPSA) is 0 Å². The highest BCUT2D eigenvalue weighted by Gasteiger charge is 2.09. The van der Waals surface area contributed by atoms with E-state index in [1.165, 1.54) is 21.7 Å². The second-order valence-corrected chi connectivity index (χ2v) is 5.19. The molecule has 0 saturated carbocycles. The zero-order chi connectivity index (χ0) is 12.0. The first-order valence-corrected chi connectivity index (χ1v) is 6.41. The van der Waals surface area contributed by atoms with E-state index in [2.05, 4.69) is 68.6 Å². The molecular formula is C15H12S2. The van der Waals surface area contributed by atoms with Gasteiger partial charge < -0.3 is 0 Å². The molecule has 0 atom stereocenters. The van der Waals surface area contributed by atoms with Crippen LogP contribution >= 0.6 is 25.3 Å². The maximum Gasteiger partial charge on any atom is 0.0259 e. The van der Waals surface area contributed by atoms with Gasteiger partial charge in [-0.2, -0.15) is 0 Å². The van der Waals surface area contributed by atoms with Gasteiger partial charge in [-0.15, -0.1) is 25.3 Å². The van der Waals surface area contributed by atoms with E-state index in [0.29, 0.717) is 0 Å². The summed E-state index contributed by atoms with van der Waals surface area (Å²) < 4.78 is 0. The number of hydrogen-bond donors (Lipinski definition) is 2. The van der Waals surface area contributed by atoms with E-state index in [0.717, 1.165) is 15.2 Å². The van der Waals surface area contributed by atoms with E-state index in [9.17, 15) is 0 Å².